The summed E-state index contributed by atoms with van der Waals surface area (Å²) in [5, 5.41) is 7.56. The number of anilines is 1. The Bertz CT molecular complexity index is 1060. The van der Waals surface area contributed by atoms with Crippen LogP contribution in [0.4, 0.5) is 5.69 Å². The average Bonchev–Trinajstić information content (AvgIpc) is 3.30. The van der Waals surface area contributed by atoms with Crippen LogP contribution in [-0.2, 0) is 0 Å². The molecule has 3 aromatic rings. The molecule has 0 bridgehead atoms. The van der Waals surface area contributed by atoms with Gasteiger partial charge in [0, 0.05) is 43.5 Å². The van der Waals surface area contributed by atoms with E-state index in [2.05, 4.69) is 21.2 Å². The number of halogens is 1. The molecule has 0 spiro atoms. The molecular weight excluding hydrogens is 416 g/mol. The molecule has 1 fully saturated rings. The Kier molecular flexibility index (Phi) is 6.32. The van der Waals surface area contributed by atoms with Crippen LogP contribution < -0.4 is 14.4 Å². The highest BCUT2D eigenvalue weighted by Gasteiger charge is 2.26. The summed E-state index contributed by atoms with van der Waals surface area (Å²) in [4.78, 5) is 17.3. The molecule has 1 saturated heterocycles. The van der Waals surface area contributed by atoms with Crippen molar-refractivity contribution in [3.05, 3.63) is 59.2 Å². The van der Waals surface area contributed by atoms with E-state index < -0.39 is 0 Å². The first-order valence-corrected chi connectivity index (χ1v) is 10.6. The number of aromatic amines is 1. The molecule has 1 amide bonds. The molecule has 162 valence electrons. The number of benzene rings is 2. The molecular formula is C23H25ClN4O3. The van der Waals surface area contributed by atoms with Crippen LogP contribution in [0.2, 0.25) is 5.02 Å². The number of nitrogens with zero attached hydrogens (tertiary/aromatic N) is 3. The highest BCUT2D eigenvalue weighted by molar-refractivity contribution is 6.32. The van der Waals surface area contributed by atoms with Gasteiger partial charge in [-0.2, -0.15) is 5.10 Å². The maximum absolute atomic E-state index is 13.2. The zero-order valence-electron chi connectivity index (χ0n) is 17.6. The number of methoxy groups -OCH3 is 1. The van der Waals surface area contributed by atoms with Gasteiger partial charge in [-0.25, -0.2) is 0 Å². The fourth-order valence-corrected chi connectivity index (χ4v) is 3.98. The summed E-state index contributed by atoms with van der Waals surface area (Å²) in [6.07, 6.45) is 1.58. The molecule has 4 rings (SSSR count). The molecule has 2 heterocycles. The second-order valence-corrected chi connectivity index (χ2v) is 7.62. The lowest BCUT2D eigenvalue weighted by atomic mass is 10.1. The molecule has 7 nitrogen and oxygen atoms in total. The quantitative estimate of drug-likeness (QED) is 0.624. The van der Waals surface area contributed by atoms with Crippen LogP contribution in [0.1, 0.15) is 17.3 Å². The Labute approximate surface area is 186 Å². The molecule has 1 aliphatic heterocycles. The maximum atomic E-state index is 13.2. The summed E-state index contributed by atoms with van der Waals surface area (Å²) >= 11 is 6.33. The number of carbonyl (C=O) groups excluding carboxylic acids is 1. The number of hydrogen-bond acceptors (Lipinski definition) is 5. The van der Waals surface area contributed by atoms with Gasteiger partial charge in [0.05, 0.1) is 36.2 Å². The minimum absolute atomic E-state index is 0.0425. The van der Waals surface area contributed by atoms with Crippen LogP contribution in [0.15, 0.2) is 48.7 Å². The molecule has 1 aliphatic rings. The molecule has 1 aromatic heterocycles. The Hall–Kier alpha value is -3.19. The van der Waals surface area contributed by atoms with Gasteiger partial charge >= 0.3 is 0 Å². The van der Waals surface area contributed by atoms with E-state index in [0.29, 0.717) is 41.7 Å². The first-order valence-electron chi connectivity index (χ1n) is 10.2. The molecule has 0 atom stereocenters. The van der Waals surface area contributed by atoms with Gasteiger partial charge in [0.2, 0.25) is 0 Å². The third-order valence-corrected chi connectivity index (χ3v) is 5.67. The van der Waals surface area contributed by atoms with E-state index in [1.54, 1.807) is 19.4 Å². The SMILES string of the molecule is CCOc1ccc(-c2[nH]ncc2C(=O)N2CCN(c3cccc(OC)c3)CC2)cc1Cl. The van der Waals surface area contributed by atoms with Crippen molar-refractivity contribution in [1.29, 1.82) is 0 Å². The van der Waals surface area contributed by atoms with Crippen LogP contribution in [-0.4, -0.2) is 60.9 Å². The van der Waals surface area contributed by atoms with Crippen molar-refractivity contribution in [3.8, 4) is 22.8 Å². The van der Waals surface area contributed by atoms with Gasteiger partial charge in [-0.3, -0.25) is 9.89 Å². The molecule has 8 heteroatoms. The average molecular weight is 441 g/mol. The third kappa shape index (κ3) is 4.46. The van der Waals surface area contributed by atoms with Crippen LogP contribution in [0.25, 0.3) is 11.3 Å². The first-order chi connectivity index (χ1) is 15.1. The van der Waals surface area contributed by atoms with Gasteiger partial charge in [-0.1, -0.05) is 17.7 Å². The summed E-state index contributed by atoms with van der Waals surface area (Å²) in [5.41, 5.74) is 3.09. The number of piperazine rings is 1. The minimum atomic E-state index is -0.0425. The topological polar surface area (TPSA) is 70.7 Å². The monoisotopic (exact) mass is 440 g/mol. The number of hydrogen-bond donors (Lipinski definition) is 1. The lowest BCUT2D eigenvalue weighted by Gasteiger charge is -2.36. The van der Waals surface area contributed by atoms with E-state index in [4.69, 9.17) is 21.1 Å². The summed E-state index contributed by atoms with van der Waals surface area (Å²) in [5.74, 6) is 1.40. The van der Waals surface area contributed by atoms with E-state index in [-0.39, 0.29) is 5.91 Å². The van der Waals surface area contributed by atoms with E-state index in [1.807, 2.05) is 42.2 Å². The van der Waals surface area contributed by atoms with Crippen LogP contribution in [0, 0.1) is 0 Å². The Morgan fingerprint density at radius 1 is 1.16 bits per heavy atom. The van der Waals surface area contributed by atoms with Gasteiger partial charge in [0.1, 0.15) is 11.5 Å². The number of nitrogens with one attached hydrogen (secondary N) is 1. The van der Waals surface area contributed by atoms with Gasteiger partial charge in [0.15, 0.2) is 0 Å². The molecule has 0 aliphatic carbocycles. The van der Waals surface area contributed by atoms with E-state index >= 15 is 0 Å². The van der Waals surface area contributed by atoms with Crippen LogP contribution in [0.5, 0.6) is 11.5 Å². The lowest BCUT2D eigenvalue weighted by molar-refractivity contribution is 0.0747. The van der Waals surface area contributed by atoms with Crippen LogP contribution >= 0.6 is 11.6 Å². The molecule has 0 unspecified atom stereocenters. The lowest BCUT2D eigenvalue weighted by Crippen LogP contribution is -2.48. The predicted octanol–water partition coefficient (Wildman–Crippen LogP) is 4.10. The third-order valence-electron chi connectivity index (χ3n) is 5.38. The molecule has 0 radical (unpaired) electrons. The molecule has 1 N–H and O–H groups in total. The molecule has 2 aromatic carbocycles. The van der Waals surface area contributed by atoms with Crippen molar-refractivity contribution in [3.63, 3.8) is 0 Å². The maximum Gasteiger partial charge on any atom is 0.257 e. The summed E-state index contributed by atoms with van der Waals surface area (Å²) in [6, 6.07) is 13.5. The first kappa shape index (κ1) is 21.1. The fourth-order valence-electron chi connectivity index (χ4n) is 3.74. The Morgan fingerprint density at radius 3 is 2.68 bits per heavy atom. The highest BCUT2D eigenvalue weighted by Crippen LogP contribution is 2.31. The molecule has 0 saturated carbocycles. The van der Waals surface area contributed by atoms with Gasteiger partial charge < -0.3 is 19.3 Å². The van der Waals surface area contributed by atoms with E-state index in [9.17, 15) is 4.79 Å². The number of amides is 1. The van der Waals surface area contributed by atoms with Gasteiger partial charge in [0.25, 0.3) is 5.91 Å². The van der Waals surface area contributed by atoms with Crippen molar-refractivity contribution in [2.45, 2.75) is 6.92 Å². The summed E-state index contributed by atoms with van der Waals surface area (Å²) in [7, 11) is 1.66. The van der Waals surface area contributed by atoms with Crippen molar-refractivity contribution in [2.24, 2.45) is 0 Å². The van der Waals surface area contributed by atoms with E-state index in [0.717, 1.165) is 30.1 Å². The van der Waals surface area contributed by atoms with Gasteiger partial charge in [-0.05, 0) is 37.3 Å². The largest absolute Gasteiger partial charge is 0.497 e. The minimum Gasteiger partial charge on any atom is -0.497 e. The number of rotatable bonds is 6. The van der Waals surface area contributed by atoms with E-state index in [1.165, 1.54) is 0 Å². The summed E-state index contributed by atoms with van der Waals surface area (Å²) < 4.78 is 10.8. The zero-order valence-corrected chi connectivity index (χ0v) is 18.4. The highest BCUT2D eigenvalue weighted by atomic mass is 35.5. The number of ether oxygens (including phenoxy) is 2. The van der Waals surface area contributed by atoms with Crippen LogP contribution in [0.3, 0.4) is 0 Å². The normalized spacial score (nSPS) is 13.9. The van der Waals surface area contributed by atoms with Crippen molar-refractivity contribution in [1.82, 2.24) is 15.1 Å². The zero-order chi connectivity index (χ0) is 21.8. The van der Waals surface area contributed by atoms with Crippen molar-refractivity contribution < 1.29 is 14.3 Å². The Morgan fingerprint density at radius 2 is 1.97 bits per heavy atom. The predicted molar refractivity (Wildman–Crippen MR) is 121 cm³/mol. The summed E-state index contributed by atoms with van der Waals surface area (Å²) in [6.45, 7) is 5.20. The second kappa shape index (κ2) is 9.31. The van der Waals surface area contributed by atoms with Crippen molar-refractivity contribution in [2.75, 3.05) is 44.8 Å². The van der Waals surface area contributed by atoms with Gasteiger partial charge in [-0.15, -0.1) is 0 Å². The number of carbonyl (C=O) groups is 1. The fraction of sp³-hybridized carbons (Fsp3) is 0.304. The second-order valence-electron chi connectivity index (χ2n) is 7.22. The standard InChI is InChI=1S/C23H25ClN4O3/c1-3-31-21-8-7-16(13-20(21)24)22-19(15-25-26-22)23(29)28-11-9-27(10-12-28)17-5-4-6-18(14-17)30-2/h4-8,13-15H,3,9-12H2,1-2H3,(H,25,26). The van der Waals surface area contributed by atoms with Crippen molar-refractivity contribution >= 4 is 23.2 Å². The number of aromatic nitrogens is 2. The smallest absolute Gasteiger partial charge is 0.257 e. The Balaban J connectivity index is 1.47. The number of H-pyrrole nitrogens is 1. The molecule has 31 heavy (non-hydrogen) atoms.